The molecule has 1 aromatic carbocycles. The first-order valence-corrected chi connectivity index (χ1v) is 8.77. The van der Waals surface area contributed by atoms with E-state index in [1.807, 2.05) is 24.8 Å². The molecule has 4 heteroatoms. The average Bonchev–Trinajstić information content (AvgIpc) is 3.02. The maximum absolute atomic E-state index is 5.66. The molecule has 0 saturated heterocycles. The highest BCUT2D eigenvalue weighted by atomic mass is 14.8. The molecule has 4 rings (SSSR count). The number of fused-ring (bicyclic) bond motifs is 2. The van der Waals surface area contributed by atoms with Crippen molar-refractivity contribution in [1.29, 1.82) is 0 Å². The van der Waals surface area contributed by atoms with Crippen LogP contribution in [0.4, 0.5) is 0 Å². The first-order chi connectivity index (χ1) is 12.3. The summed E-state index contributed by atoms with van der Waals surface area (Å²) in [5, 5.41) is 3.63. The van der Waals surface area contributed by atoms with Crippen molar-refractivity contribution in [2.24, 2.45) is 5.73 Å². The molecule has 0 aliphatic carbocycles. The smallest absolute Gasteiger partial charge is 0.137 e. The Hall–Kier alpha value is -2.72. The first-order valence-electron chi connectivity index (χ1n) is 8.77. The first kappa shape index (κ1) is 15.8. The Balaban J connectivity index is 1.83. The summed E-state index contributed by atoms with van der Waals surface area (Å²) in [4.78, 5) is 12.1. The van der Waals surface area contributed by atoms with Gasteiger partial charge in [0, 0.05) is 41.1 Å². The third kappa shape index (κ3) is 3.01. The van der Waals surface area contributed by atoms with Crippen LogP contribution in [-0.4, -0.2) is 21.5 Å². The fraction of sp³-hybridized carbons (Fsp3) is 0.238. The van der Waals surface area contributed by atoms with Gasteiger partial charge in [0.1, 0.15) is 5.65 Å². The second kappa shape index (κ2) is 6.65. The van der Waals surface area contributed by atoms with Gasteiger partial charge in [0.2, 0.25) is 0 Å². The number of pyridine rings is 2. The molecule has 0 fully saturated rings. The molecule has 3 heterocycles. The maximum atomic E-state index is 5.66. The lowest BCUT2D eigenvalue weighted by Gasteiger charge is -2.10. The van der Waals surface area contributed by atoms with Crippen molar-refractivity contribution < 1.29 is 0 Å². The van der Waals surface area contributed by atoms with Gasteiger partial charge in [-0.25, -0.2) is 4.98 Å². The third-order valence-corrected chi connectivity index (χ3v) is 4.81. The number of unbranched alkanes of at least 4 members (excludes halogenated alkanes) is 1. The molecule has 126 valence electrons. The molecule has 0 atom stereocenters. The van der Waals surface area contributed by atoms with Gasteiger partial charge < -0.3 is 10.7 Å². The van der Waals surface area contributed by atoms with Crippen molar-refractivity contribution in [3.05, 3.63) is 60.2 Å². The largest absolute Gasteiger partial charge is 0.346 e. The Morgan fingerprint density at radius 3 is 2.84 bits per heavy atom. The summed E-state index contributed by atoms with van der Waals surface area (Å²) in [5.74, 6) is 0. The van der Waals surface area contributed by atoms with E-state index in [1.54, 1.807) is 0 Å². The number of hydrogen-bond acceptors (Lipinski definition) is 3. The maximum Gasteiger partial charge on any atom is 0.137 e. The van der Waals surface area contributed by atoms with Crippen LogP contribution in [0, 0.1) is 6.92 Å². The van der Waals surface area contributed by atoms with E-state index in [-0.39, 0.29) is 0 Å². The Labute approximate surface area is 147 Å². The number of hydrogen-bond donors (Lipinski definition) is 2. The molecular weight excluding hydrogens is 308 g/mol. The lowest BCUT2D eigenvalue weighted by Crippen LogP contribution is -1.99. The number of nitrogens with one attached hydrogen (secondary N) is 1. The molecule has 0 aliphatic heterocycles. The van der Waals surface area contributed by atoms with Crippen LogP contribution >= 0.6 is 0 Å². The van der Waals surface area contributed by atoms with Crippen LogP contribution in [-0.2, 0) is 6.42 Å². The minimum Gasteiger partial charge on any atom is -0.346 e. The molecule has 3 aromatic heterocycles. The Kier molecular flexibility index (Phi) is 4.20. The van der Waals surface area contributed by atoms with Crippen LogP contribution in [0.5, 0.6) is 0 Å². The van der Waals surface area contributed by atoms with Crippen molar-refractivity contribution in [2.45, 2.75) is 26.2 Å². The Morgan fingerprint density at radius 1 is 1.04 bits per heavy atom. The second-order valence-electron chi connectivity index (χ2n) is 6.57. The fourth-order valence-electron chi connectivity index (χ4n) is 3.40. The zero-order valence-electron chi connectivity index (χ0n) is 14.4. The molecule has 0 spiro atoms. The van der Waals surface area contributed by atoms with E-state index in [4.69, 9.17) is 5.73 Å². The van der Waals surface area contributed by atoms with Gasteiger partial charge >= 0.3 is 0 Å². The quantitative estimate of drug-likeness (QED) is 0.534. The number of H-pyrrole nitrogens is 1. The molecule has 4 aromatic rings. The van der Waals surface area contributed by atoms with Crippen LogP contribution in [0.1, 0.15) is 24.0 Å². The van der Waals surface area contributed by atoms with Crippen LogP contribution in [0.25, 0.3) is 32.9 Å². The van der Waals surface area contributed by atoms with E-state index in [0.717, 1.165) is 37.0 Å². The van der Waals surface area contributed by atoms with E-state index in [0.29, 0.717) is 0 Å². The highest BCUT2D eigenvalue weighted by Crippen LogP contribution is 2.30. The number of aryl methyl sites for hydroxylation is 2. The molecule has 0 amide bonds. The minimum absolute atomic E-state index is 0.739. The molecular formula is C21H22N4. The van der Waals surface area contributed by atoms with Crippen molar-refractivity contribution in [3.8, 4) is 11.1 Å². The summed E-state index contributed by atoms with van der Waals surface area (Å²) in [6.07, 6.45) is 10.9. The van der Waals surface area contributed by atoms with Crippen LogP contribution in [0.3, 0.4) is 0 Å². The number of nitrogens with zero attached hydrogens (tertiary/aromatic N) is 2. The van der Waals surface area contributed by atoms with Gasteiger partial charge in [0.15, 0.2) is 0 Å². The van der Waals surface area contributed by atoms with Gasteiger partial charge in [-0.3, -0.25) is 4.98 Å². The molecule has 4 nitrogen and oxygen atoms in total. The monoisotopic (exact) mass is 330 g/mol. The van der Waals surface area contributed by atoms with Gasteiger partial charge in [-0.05, 0) is 73.0 Å². The number of rotatable bonds is 5. The van der Waals surface area contributed by atoms with Gasteiger partial charge in [-0.2, -0.15) is 0 Å². The zero-order chi connectivity index (χ0) is 17.2. The Morgan fingerprint density at radius 2 is 1.96 bits per heavy atom. The number of benzene rings is 1. The minimum atomic E-state index is 0.739. The van der Waals surface area contributed by atoms with Gasteiger partial charge in [-0.1, -0.05) is 6.07 Å². The predicted molar refractivity (Wildman–Crippen MR) is 104 cm³/mol. The van der Waals surface area contributed by atoms with E-state index in [2.05, 4.69) is 46.1 Å². The van der Waals surface area contributed by atoms with E-state index < -0.39 is 0 Å². The van der Waals surface area contributed by atoms with Crippen molar-refractivity contribution in [2.75, 3.05) is 6.54 Å². The summed E-state index contributed by atoms with van der Waals surface area (Å²) in [5.41, 5.74) is 11.5. The fourth-order valence-corrected chi connectivity index (χ4v) is 3.40. The molecule has 0 radical (unpaired) electrons. The zero-order valence-corrected chi connectivity index (χ0v) is 14.4. The average molecular weight is 330 g/mol. The molecule has 3 N–H and O–H groups in total. The normalized spacial score (nSPS) is 11.4. The third-order valence-electron chi connectivity index (χ3n) is 4.81. The molecule has 0 saturated carbocycles. The van der Waals surface area contributed by atoms with E-state index >= 15 is 0 Å². The summed E-state index contributed by atoms with van der Waals surface area (Å²) in [6, 6.07) is 8.82. The second-order valence-corrected chi connectivity index (χ2v) is 6.57. The van der Waals surface area contributed by atoms with Crippen LogP contribution in [0.2, 0.25) is 0 Å². The summed E-state index contributed by atoms with van der Waals surface area (Å²) in [6.45, 7) is 2.85. The highest BCUT2D eigenvalue weighted by molar-refractivity contribution is 5.91. The molecule has 0 bridgehead atoms. The van der Waals surface area contributed by atoms with E-state index in [9.17, 15) is 0 Å². The van der Waals surface area contributed by atoms with Crippen molar-refractivity contribution in [1.82, 2.24) is 15.0 Å². The van der Waals surface area contributed by atoms with Crippen molar-refractivity contribution in [3.63, 3.8) is 0 Å². The van der Waals surface area contributed by atoms with Gasteiger partial charge in [0.05, 0.1) is 0 Å². The van der Waals surface area contributed by atoms with E-state index in [1.165, 1.54) is 32.8 Å². The SMILES string of the molecule is Cc1c[nH]c2ncc(-c3cc(CCCCN)c4cnccc4c3)cc12. The van der Waals surface area contributed by atoms with Crippen LogP contribution < -0.4 is 5.73 Å². The molecule has 0 unspecified atom stereocenters. The number of nitrogens with two attached hydrogens (primary N) is 1. The highest BCUT2D eigenvalue weighted by Gasteiger charge is 2.09. The van der Waals surface area contributed by atoms with Crippen molar-refractivity contribution >= 4 is 21.8 Å². The summed E-state index contributed by atoms with van der Waals surface area (Å²) in [7, 11) is 0. The van der Waals surface area contributed by atoms with Crippen LogP contribution in [0.15, 0.2) is 49.1 Å². The lowest BCUT2D eigenvalue weighted by atomic mass is 9.95. The molecule has 25 heavy (non-hydrogen) atoms. The molecule has 0 aliphatic rings. The number of aromatic amines is 1. The predicted octanol–water partition coefficient (Wildman–Crippen LogP) is 4.37. The standard InChI is InChI=1S/C21H22N4/c1-14-11-24-21-19(14)10-18(12-25-21)17-8-15(4-2-3-6-22)20-13-23-7-5-16(20)9-17/h5,7-13H,2-4,6,22H2,1H3,(H,24,25). The number of aromatic nitrogens is 3. The van der Waals surface area contributed by atoms with Gasteiger partial charge in [-0.15, -0.1) is 0 Å². The topological polar surface area (TPSA) is 67.6 Å². The van der Waals surface area contributed by atoms with Gasteiger partial charge in [0.25, 0.3) is 0 Å². The Bertz CT molecular complexity index is 1030. The lowest BCUT2D eigenvalue weighted by molar-refractivity contribution is 0.747. The summed E-state index contributed by atoms with van der Waals surface area (Å²) >= 11 is 0. The summed E-state index contributed by atoms with van der Waals surface area (Å²) < 4.78 is 0.